The molecule has 0 aliphatic rings. The second kappa shape index (κ2) is 5.95. The molecule has 0 N–H and O–H groups in total. The summed E-state index contributed by atoms with van der Waals surface area (Å²) in [6, 6.07) is 0.436. The van der Waals surface area contributed by atoms with Crippen molar-refractivity contribution in [1.82, 2.24) is 0 Å². The maximum atomic E-state index is 4.09. The molecule has 0 aromatic heterocycles. The van der Waals surface area contributed by atoms with Crippen LogP contribution >= 0.6 is 0 Å². The average molecular weight is 181 g/mol. The minimum atomic E-state index is 0.290. The zero-order valence-corrected chi connectivity index (χ0v) is 9.34. The lowest BCUT2D eigenvalue weighted by Gasteiger charge is -2.25. The van der Waals surface area contributed by atoms with E-state index in [9.17, 15) is 0 Å². The van der Waals surface area contributed by atoms with Crippen LogP contribution in [0.3, 0.4) is 0 Å². The Labute approximate surface area is 83.0 Å². The van der Waals surface area contributed by atoms with Gasteiger partial charge < -0.3 is 0 Å². The predicted molar refractivity (Wildman–Crippen MR) is 61.5 cm³/mol. The highest BCUT2D eigenvalue weighted by Gasteiger charge is 2.18. The molecule has 0 aliphatic carbocycles. The summed E-state index contributed by atoms with van der Waals surface area (Å²) in [7, 11) is 0. The number of aliphatic imine (C=N–C) groups is 1. The third-order valence-corrected chi connectivity index (χ3v) is 3.08. The molecule has 0 saturated heterocycles. The predicted octanol–water partition coefficient (Wildman–Crippen LogP) is 3.85. The van der Waals surface area contributed by atoms with Crippen LogP contribution < -0.4 is 0 Å². The van der Waals surface area contributed by atoms with Crippen molar-refractivity contribution >= 4 is 6.72 Å². The summed E-state index contributed by atoms with van der Waals surface area (Å²) in [5, 5.41) is 0. The fourth-order valence-electron chi connectivity index (χ4n) is 1.34. The van der Waals surface area contributed by atoms with Gasteiger partial charge in [0.2, 0.25) is 0 Å². The summed E-state index contributed by atoms with van der Waals surface area (Å²) in [6.07, 6.45) is 6.63. The Bertz CT molecular complexity index is 163. The first-order valence-corrected chi connectivity index (χ1v) is 5.21. The van der Waals surface area contributed by atoms with Crippen molar-refractivity contribution in [3.63, 3.8) is 0 Å². The third kappa shape index (κ3) is 4.25. The van der Waals surface area contributed by atoms with Crippen LogP contribution in [0.25, 0.3) is 0 Å². The van der Waals surface area contributed by atoms with Crippen molar-refractivity contribution in [3.8, 4) is 0 Å². The molecule has 0 saturated carbocycles. The molecule has 1 nitrogen and oxygen atoms in total. The van der Waals surface area contributed by atoms with Crippen LogP contribution in [0.1, 0.15) is 46.5 Å². The van der Waals surface area contributed by atoms with E-state index in [1.807, 2.05) is 0 Å². The zero-order valence-electron chi connectivity index (χ0n) is 9.34. The Balaban J connectivity index is 3.97. The second-order valence-corrected chi connectivity index (χ2v) is 4.00. The smallest absolute Gasteiger partial charge is 0.0490 e. The molecule has 0 aromatic rings. The minimum Gasteiger partial charge on any atom is -0.298 e. The van der Waals surface area contributed by atoms with Gasteiger partial charge in [0.1, 0.15) is 0 Å². The summed E-state index contributed by atoms with van der Waals surface area (Å²) in [4.78, 5) is 4.09. The maximum Gasteiger partial charge on any atom is 0.0490 e. The molecule has 0 bridgehead atoms. The lowest BCUT2D eigenvalue weighted by atomic mass is 9.82. The third-order valence-electron chi connectivity index (χ3n) is 3.08. The van der Waals surface area contributed by atoms with Crippen LogP contribution in [0.15, 0.2) is 17.6 Å². The van der Waals surface area contributed by atoms with Crippen molar-refractivity contribution in [2.75, 3.05) is 0 Å². The van der Waals surface area contributed by atoms with E-state index in [2.05, 4.69) is 45.1 Å². The Morgan fingerprint density at radius 1 is 1.46 bits per heavy atom. The normalized spacial score (nSPS) is 17.5. The van der Waals surface area contributed by atoms with E-state index in [0.717, 1.165) is 19.3 Å². The Morgan fingerprint density at radius 2 is 2.08 bits per heavy atom. The molecule has 2 atom stereocenters. The molecule has 0 amide bonds. The van der Waals surface area contributed by atoms with Crippen LogP contribution in [0.5, 0.6) is 0 Å². The topological polar surface area (TPSA) is 12.4 Å². The van der Waals surface area contributed by atoms with Gasteiger partial charge >= 0.3 is 0 Å². The summed E-state index contributed by atoms with van der Waals surface area (Å²) in [5.74, 6) is 0. The van der Waals surface area contributed by atoms with E-state index < -0.39 is 0 Å². The number of allylic oxidation sites excluding steroid dienone is 1. The highest BCUT2D eigenvalue weighted by molar-refractivity contribution is 5.24. The van der Waals surface area contributed by atoms with E-state index in [0.29, 0.717) is 6.04 Å². The van der Waals surface area contributed by atoms with Gasteiger partial charge in [-0.15, -0.1) is 6.58 Å². The van der Waals surface area contributed by atoms with E-state index >= 15 is 0 Å². The van der Waals surface area contributed by atoms with Crippen LogP contribution in [0.2, 0.25) is 0 Å². The van der Waals surface area contributed by atoms with E-state index in [1.165, 1.54) is 6.42 Å². The first kappa shape index (κ1) is 12.4. The standard InChI is InChI=1S/C12H23N/c1-6-11(13-5)9-10-12(4,7-2)8-3/h7,11H,2,5-6,8-10H2,1,3-4H3. The van der Waals surface area contributed by atoms with Crippen molar-refractivity contribution in [2.45, 2.75) is 52.5 Å². The molecule has 0 radical (unpaired) electrons. The van der Waals surface area contributed by atoms with Crippen molar-refractivity contribution in [1.29, 1.82) is 0 Å². The quantitative estimate of drug-likeness (QED) is 0.418. The number of hydrogen-bond donors (Lipinski definition) is 0. The van der Waals surface area contributed by atoms with Gasteiger partial charge in [-0.3, -0.25) is 4.99 Å². The van der Waals surface area contributed by atoms with E-state index in [1.54, 1.807) is 0 Å². The summed E-state index contributed by atoms with van der Waals surface area (Å²) in [6.45, 7) is 14.1. The van der Waals surface area contributed by atoms with Gasteiger partial charge in [0.25, 0.3) is 0 Å². The van der Waals surface area contributed by atoms with Gasteiger partial charge in [0.05, 0.1) is 0 Å². The SMILES string of the molecule is C=CC(C)(CC)CCC(CC)N=C. The van der Waals surface area contributed by atoms with Crippen LogP contribution in [0.4, 0.5) is 0 Å². The molecule has 0 aliphatic heterocycles. The van der Waals surface area contributed by atoms with Gasteiger partial charge in [-0.25, -0.2) is 0 Å². The fraction of sp³-hybridized carbons (Fsp3) is 0.750. The molecule has 0 aromatic carbocycles. The minimum absolute atomic E-state index is 0.290. The van der Waals surface area contributed by atoms with Gasteiger partial charge in [-0.2, -0.15) is 0 Å². The molecule has 0 heterocycles. The van der Waals surface area contributed by atoms with Crippen molar-refractivity contribution in [2.24, 2.45) is 10.4 Å². The van der Waals surface area contributed by atoms with Gasteiger partial charge in [0, 0.05) is 6.04 Å². The molecule has 0 spiro atoms. The highest BCUT2D eigenvalue weighted by atomic mass is 14.7. The lowest BCUT2D eigenvalue weighted by molar-refractivity contribution is 0.348. The number of rotatable bonds is 7. The number of nitrogens with zero attached hydrogens (tertiary/aromatic N) is 1. The Kier molecular flexibility index (Phi) is 5.68. The lowest BCUT2D eigenvalue weighted by Crippen LogP contribution is -2.14. The summed E-state index contributed by atoms with van der Waals surface area (Å²) >= 11 is 0. The molecular formula is C12H23N. The monoisotopic (exact) mass is 181 g/mol. The summed E-state index contributed by atoms with van der Waals surface area (Å²) < 4.78 is 0. The second-order valence-electron chi connectivity index (χ2n) is 4.00. The molecule has 13 heavy (non-hydrogen) atoms. The van der Waals surface area contributed by atoms with Gasteiger partial charge in [-0.05, 0) is 37.8 Å². The average Bonchev–Trinajstić information content (AvgIpc) is 2.19. The molecule has 2 unspecified atom stereocenters. The van der Waals surface area contributed by atoms with Crippen molar-refractivity contribution < 1.29 is 0 Å². The van der Waals surface area contributed by atoms with Crippen LogP contribution in [-0.2, 0) is 0 Å². The van der Waals surface area contributed by atoms with Crippen LogP contribution in [0, 0.1) is 5.41 Å². The van der Waals surface area contributed by atoms with Crippen LogP contribution in [-0.4, -0.2) is 12.8 Å². The fourth-order valence-corrected chi connectivity index (χ4v) is 1.34. The molecular weight excluding hydrogens is 158 g/mol. The first-order chi connectivity index (χ1) is 6.11. The molecule has 1 heteroatoms. The van der Waals surface area contributed by atoms with Crippen molar-refractivity contribution in [3.05, 3.63) is 12.7 Å². The molecule has 0 rings (SSSR count). The highest BCUT2D eigenvalue weighted by Crippen LogP contribution is 2.29. The van der Waals surface area contributed by atoms with Gasteiger partial charge in [-0.1, -0.05) is 26.8 Å². The first-order valence-electron chi connectivity index (χ1n) is 5.21. The van der Waals surface area contributed by atoms with E-state index in [4.69, 9.17) is 0 Å². The maximum absolute atomic E-state index is 4.09. The Morgan fingerprint density at radius 3 is 2.38 bits per heavy atom. The number of hydrogen-bond acceptors (Lipinski definition) is 1. The Hall–Kier alpha value is -0.590. The van der Waals surface area contributed by atoms with Gasteiger partial charge in [0.15, 0.2) is 0 Å². The largest absolute Gasteiger partial charge is 0.298 e. The zero-order chi connectivity index (χ0) is 10.3. The molecule has 76 valence electrons. The van der Waals surface area contributed by atoms with E-state index in [-0.39, 0.29) is 5.41 Å². The summed E-state index contributed by atoms with van der Waals surface area (Å²) in [5.41, 5.74) is 0.290. The molecule has 0 fully saturated rings.